The Morgan fingerprint density at radius 2 is 1.50 bits per heavy atom. The van der Waals surface area contributed by atoms with Crippen molar-refractivity contribution >= 4 is 43.9 Å². The van der Waals surface area contributed by atoms with E-state index in [0.717, 1.165) is 70.9 Å². The van der Waals surface area contributed by atoms with Crippen LogP contribution >= 0.6 is 0 Å². The zero-order valence-corrected chi connectivity index (χ0v) is 36.7. The first-order valence-corrected chi connectivity index (χ1v) is 20.5. The van der Waals surface area contributed by atoms with Gasteiger partial charge in [0.25, 0.3) is 6.47 Å². The third-order valence-electron chi connectivity index (χ3n) is 9.53. The number of carbonyl (C=O) groups is 7. The van der Waals surface area contributed by atoms with E-state index in [1.54, 1.807) is 24.4 Å². The second kappa shape index (κ2) is 36.6. The number of aromatic nitrogens is 2. The minimum absolute atomic E-state index is 0.00463. The molecule has 0 spiro atoms. The minimum Gasteiger partial charge on any atom is -0.483 e. The molecule has 16 nitrogen and oxygen atoms in total. The number of hydrogen-bond donors (Lipinski definition) is 4. The Morgan fingerprint density at radius 1 is 0.933 bits per heavy atom. The first-order chi connectivity index (χ1) is 29.0. The fourth-order valence-corrected chi connectivity index (χ4v) is 6.73. The Hall–Kier alpha value is -5.51. The lowest BCUT2D eigenvalue weighted by Crippen LogP contribution is -2.56. The van der Waals surface area contributed by atoms with Crippen LogP contribution in [0.4, 0.5) is 4.79 Å². The molecular formula is C44H71N7O9. The average molecular weight is 842 g/mol. The summed E-state index contributed by atoms with van der Waals surface area (Å²) >= 11 is 0. The SMILES string of the molecule is C=CCNC(=O)C1CCCN1C(=O)C(NC(=O)OC1CCCC1)C1CCCCC1.C=O.C=O.CC.CN1Cc2cncnc2C1.CNC(C)=O.Cc1ccccc1.O=CO. The number of alkyl carbamates (subject to hydrolysis) is 1. The number of likely N-dealkylation sites (tertiary alicyclic amines) is 1. The molecule has 4 aliphatic rings. The van der Waals surface area contributed by atoms with E-state index in [-0.39, 0.29) is 36.2 Å². The van der Waals surface area contributed by atoms with Crippen LogP contribution in [-0.2, 0) is 46.6 Å². The molecule has 1 aromatic heterocycles. The van der Waals surface area contributed by atoms with E-state index in [0.29, 0.717) is 19.5 Å². The van der Waals surface area contributed by atoms with Crippen molar-refractivity contribution in [3.05, 3.63) is 72.3 Å². The Kier molecular flexibility index (Phi) is 34.5. The molecule has 1 aromatic carbocycles. The Balaban J connectivity index is 0. The maximum atomic E-state index is 13.5. The van der Waals surface area contributed by atoms with E-state index in [2.05, 4.69) is 63.5 Å². The molecule has 4 N–H and O–H groups in total. The summed E-state index contributed by atoms with van der Waals surface area (Å²) < 4.78 is 5.56. The molecule has 60 heavy (non-hydrogen) atoms. The van der Waals surface area contributed by atoms with Crippen molar-refractivity contribution in [2.24, 2.45) is 5.92 Å². The Labute approximate surface area is 357 Å². The van der Waals surface area contributed by atoms with Gasteiger partial charge < -0.3 is 40.3 Å². The van der Waals surface area contributed by atoms with E-state index >= 15 is 0 Å². The van der Waals surface area contributed by atoms with Crippen molar-refractivity contribution in [3.63, 3.8) is 0 Å². The van der Waals surface area contributed by atoms with E-state index < -0.39 is 18.2 Å². The van der Waals surface area contributed by atoms with Crippen molar-refractivity contribution in [3.8, 4) is 0 Å². The molecule has 1 saturated heterocycles. The molecule has 3 heterocycles. The van der Waals surface area contributed by atoms with Gasteiger partial charge in [0.2, 0.25) is 17.7 Å². The third-order valence-corrected chi connectivity index (χ3v) is 9.53. The van der Waals surface area contributed by atoms with Crippen molar-refractivity contribution in [1.82, 2.24) is 35.7 Å². The highest BCUT2D eigenvalue weighted by molar-refractivity contribution is 5.92. The smallest absolute Gasteiger partial charge is 0.408 e. The molecule has 0 bridgehead atoms. The van der Waals surface area contributed by atoms with Crippen LogP contribution in [0.15, 0.2) is 55.5 Å². The number of nitrogens with zero attached hydrogens (tertiary/aromatic N) is 4. The van der Waals surface area contributed by atoms with Crippen molar-refractivity contribution < 1.29 is 43.4 Å². The van der Waals surface area contributed by atoms with Gasteiger partial charge in [-0.3, -0.25) is 24.1 Å². The van der Waals surface area contributed by atoms with Gasteiger partial charge >= 0.3 is 6.09 Å². The lowest BCUT2D eigenvalue weighted by molar-refractivity contribution is -0.141. The molecule has 2 aliphatic carbocycles. The predicted octanol–water partition coefficient (Wildman–Crippen LogP) is 5.42. The molecule has 6 rings (SSSR count). The Morgan fingerprint density at radius 3 is 2.00 bits per heavy atom. The summed E-state index contributed by atoms with van der Waals surface area (Å²) in [4.78, 5) is 84.6. The maximum absolute atomic E-state index is 13.5. The van der Waals surface area contributed by atoms with Crippen LogP contribution in [0.1, 0.15) is 108 Å². The number of carbonyl (C=O) groups excluding carboxylic acids is 6. The molecule has 2 aromatic rings. The molecule has 16 heteroatoms. The molecule has 336 valence electrons. The van der Waals surface area contributed by atoms with Gasteiger partial charge in [0.1, 0.15) is 38.1 Å². The first-order valence-electron chi connectivity index (χ1n) is 20.5. The summed E-state index contributed by atoms with van der Waals surface area (Å²) in [5.74, 6) is -0.182. The number of carboxylic acid groups (broad SMARTS) is 1. The molecule has 2 saturated carbocycles. The Bertz CT molecular complexity index is 1450. The number of ether oxygens (including phenoxy) is 1. The van der Waals surface area contributed by atoms with Gasteiger partial charge in [-0.15, -0.1) is 6.58 Å². The summed E-state index contributed by atoms with van der Waals surface area (Å²) in [6, 6.07) is 9.18. The van der Waals surface area contributed by atoms with E-state index in [1.807, 2.05) is 51.8 Å². The summed E-state index contributed by atoms with van der Waals surface area (Å²) in [6.07, 6.45) is 15.1. The fraction of sp³-hybridized carbons (Fsp3) is 0.568. The maximum Gasteiger partial charge on any atom is 0.408 e. The number of fused-ring (bicyclic) bond motifs is 1. The highest BCUT2D eigenvalue weighted by atomic mass is 16.6. The number of aryl methyl sites for hydroxylation is 1. The number of benzene rings is 1. The standard InChI is InChI=1S/C22H35N3O4.C7H9N3.C7H8.C3H7NO.C2H6.CH2O2.2CH2O/c1-2-14-23-20(26)18-13-8-15-25(18)21(27)19(16-9-4-3-5-10-16)24-22(28)29-17-11-6-7-12-17;1-10-3-6-2-8-5-9-7(6)4-10;1-7-5-3-2-4-6-7;1-3(5)4-2;1-2;2-1-3;2*1-2/h2,16-19H,1,3-15H2,(H,23,26)(H,24,28);2,5H,3-4H2,1H3;2-6H,1H3;1-2H3,(H,4,5);1-2H3;1H,(H,2,3);2*1H2. The number of rotatable bonds is 7. The summed E-state index contributed by atoms with van der Waals surface area (Å²) in [5.41, 5.74) is 3.77. The van der Waals surface area contributed by atoms with Crippen LogP contribution < -0.4 is 16.0 Å². The van der Waals surface area contributed by atoms with Crippen molar-refractivity contribution in [2.45, 2.75) is 130 Å². The zero-order chi connectivity index (χ0) is 45.7. The van der Waals surface area contributed by atoms with Gasteiger partial charge in [0.15, 0.2) is 0 Å². The number of amides is 4. The molecule has 4 amide bonds. The van der Waals surface area contributed by atoms with Gasteiger partial charge in [-0.1, -0.05) is 75.1 Å². The lowest BCUT2D eigenvalue weighted by atomic mass is 9.83. The molecule has 2 atom stereocenters. The van der Waals surface area contributed by atoms with Crippen LogP contribution in [0.2, 0.25) is 0 Å². The average Bonchev–Trinajstić information content (AvgIpc) is 4.07. The first kappa shape index (κ1) is 56.6. The lowest BCUT2D eigenvalue weighted by Gasteiger charge is -2.34. The van der Waals surface area contributed by atoms with Gasteiger partial charge in [0, 0.05) is 51.9 Å². The second-order valence-electron chi connectivity index (χ2n) is 13.8. The minimum atomic E-state index is -0.614. The molecule has 2 unspecified atom stereocenters. The molecule has 3 fully saturated rings. The normalized spacial score (nSPS) is 16.6. The summed E-state index contributed by atoms with van der Waals surface area (Å²) in [7, 11) is 3.68. The monoisotopic (exact) mass is 842 g/mol. The van der Waals surface area contributed by atoms with E-state index in [9.17, 15) is 19.2 Å². The van der Waals surface area contributed by atoms with Gasteiger partial charge in [-0.25, -0.2) is 14.8 Å². The molecular weight excluding hydrogens is 771 g/mol. The summed E-state index contributed by atoms with van der Waals surface area (Å²) in [6.45, 7) is 17.8. The largest absolute Gasteiger partial charge is 0.483 e. The van der Waals surface area contributed by atoms with Crippen LogP contribution in [0.3, 0.4) is 0 Å². The third kappa shape index (κ3) is 23.8. The van der Waals surface area contributed by atoms with Crippen molar-refractivity contribution in [2.75, 3.05) is 27.2 Å². The molecule has 2 aliphatic heterocycles. The van der Waals surface area contributed by atoms with Gasteiger partial charge in [0.05, 0.1) is 5.69 Å². The van der Waals surface area contributed by atoms with E-state index in [1.165, 1.54) is 30.2 Å². The second-order valence-corrected chi connectivity index (χ2v) is 13.8. The van der Waals surface area contributed by atoms with Gasteiger partial charge in [-0.05, 0) is 71.3 Å². The predicted molar refractivity (Wildman–Crippen MR) is 233 cm³/mol. The van der Waals surface area contributed by atoms with Gasteiger partial charge in [-0.2, -0.15) is 0 Å². The van der Waals surface area contributed by atoms with Crippen molar-refractivity contribution in [1.29, 1.82) is 0 Å². The zero-order valence-electron chi connectivity index (χ0n) is 36.7. The van der Waals surface area contributed by atoms with Crippen LogP contribution in [-0.4, -0.2) is 114 Å². The topological polar surface area (TPSA) is 217 Å². The summed E-state index contributed by atoms with van der Waals surface area (Å²) in [5, 5.41) is 15.0. The number of nitrogens with one attached hydrogen (secondary N) is 3. The van der Waals surface area contributed by atoms with Crippen LogP contribution in [0.25, 0.3) is 0 Å². The number of hydrogen-bond acceptors (Lipinski definition) is 11. The van der Waals surface area contributed by atoms with Crippen LogP contribution in [0, 0.1) is 12.8 Å². The fourth-order valence-electron chi connectivity index (χ4n) is 6.73. The quantitative estimate of drug-likeness (QED) is 0.203. The van der Waals surface area contributed by atoms with E-state index in [4.69, 9.17) is 24.2 Å². The van der Waals surface area contributed by atoms with Crippen LogP contribution in [0.5, 0.6) is 0 Å². The molecule has 0 radical (unpaired) electrons. The highest BCUT2D eigenvalue weighted by Crippen LogP contribution is 2.30. The highest BCUT2D eigenvalue weighted by Gasteiger charge is 2.41.